The fraction of sp³-hybridized carbons (Fsp3) is 0.368. The zero-order valence-electron chi connectivity index (χ0n) is 12.9. The van der Waals surface area contributed by atoms with Gasteiger partial charge in [-0.05, 0) is 61.6 Å². The molecule has 0 aliphatic heterocycles. The number of hydrogen-bond acceptors (Lipinski definition) is 1. The molecule has 1 N–H and O–H groups in total. The Morgan fingerprint density at radius 1 is 1.10 bits per heavy atom. The molecule has 1 nitrogen and oxygen atoms in total. The van der Waals surface area contributed by atoms with Crippen LogP contribution in [-0.2, 0) is 6.42 Å². The molecule has 2 aromatic rings. The summed E-state index contributed by atoms with van der Waals surface area (Å²) in [5, 5.41) is 3.59. The van der Waals surface area contributed by atoms with Crippen LogP contribution in [0.15, 0.2) is 48.5 Å². The summed E-state index contributed by atoms with van der Waals surface area (Å²) in [4.78, 5) is 0. The van der Waals surface area contributed by atoms with E-state index in [9.17, 15) is 4.39 Å². The first-order valence-corrected chi connectivity index (χ1v) is 7.73. The van der Waals surface area contributed by atoms with E-state index in [1.807, 2.05) is 13.0 Å². The van der Waals surface area contributed by atoms with E-state index in [1.165, 1.54) is 5.56 Å². The molecule has 0 aromatic heterocycles. The smallest absolute Gasteiger partial charge is 0.123 e. The van der Waals surface area contributed by atoms with Crippen molar-refractivity contribution < 1.29 is 4.39 Å². The largest absolute Gasteiger partial charge is 0.310 e. The predicted molar refractivity (Wildman–Crippen MR) is 86.9 cm³/mol. The predicted octanol–water partition coefficient (Wildman–Crippen LogP) is 4.81. The van der Waals surface area contributed by atoms with Gasteiger partial charge in [0.15, 0.2) is 0 Å². The summed E-state index contributed by atoms with van der Waals surface area (Å²) in [6, 6.07) is 16.1. The van der Waals surface area contributed by atoms with Crippen molar-refractivity contribution in [1.82, 2.24) is 5.32 Å². The highest BCUT2D eigenvalue weighted by atomic mass is 19.1. The SMILES string of the molecule is CCCNC(CCc1cc(C)cc(F)c1)c1ccccc1. The second-order valence-electron chi connectivity index (χ2n) is 5.59. The van der Waals surface area contributed by atoms with Crippen LogP contribution in [0.1, 0.15) is 42.5 Å². The molecule has 112 valence electrons. The summed E-state index contributed by atoms with van der Waals surface area (Å²) in [5.41, 5.74) is 3.37. The molecule has 0 aliphatic rings. The third-order valence-electron chi connectivity index (χ3n) is 3.67. The van der Waals surface area contributed by atoms with E-state index in [-0.39, 0.29) is 5.82 Å². The van der Waals surface area contributed by atoms with Crippen LogP contribution < -0.4 is 5.32 Å². The van der Waals surface area contributed by atoms with Gasteiger partial charge in [0, 0.05) is 6.04 Å². The first-order valence-electron chi connectivity index (χ1n) is 7.73. The molecule has 0 aliphatic carbocycles. The molecule has 0 amide bonds. The van der Waals surface area contributed by atoms with Crippen LogP contribution in [-0.4, -0.2) is 6.54 Å². The Bertz CT molecular complexity index is 530. The first-order chi connectivity index (χ1) is 10.2. The normalized spacial score (nSPS) is 12.3. The van der Waals surface area contributed by atoms with Crippen molar-refractivity contribution >= 4 is 0 Å². The minimum absolute atomic E-state index is 0.136. The third-order valence-corrected chi connectivity index (χ3v) is 3.67. The number of hydrogen-bond donors (Lipinski definition) is 1. The maximum absolute atomic E-state index is 13.5. The Kier molecular flexibility index (Phi) is 5.94. The number of benzene rings is 2. The van der Waals surface area contributed by atoms with Gasteiger partial charge in [0.1, 0.15) is 5.82 Å². The maximum atomic E-state index is 13.5. The number of halogens is 1. The van der Waals surface area contributed by atoms with Gasteiger partial charge in [0.2, 0.25) is 0 Å². The molecule has 0 saturated carbocycles. The maximum Gasteiger partial charge on any atom is 0.123 e. The molecule has 2 heteroatoms. The van der Waals surface area contributed by atoms with Crippen molar-refractivity contribution in [2.45, 2.75) is 39.2 Å². The summed E-state index contributed by atoms with van der Waals surface area (Å²) in [5.74, 6) is -0.136. The average molecular weight is 285 g/mol. The van der Waals surface area contributed by atoms with E-state index in [2.05, 4.69) is 42.6 Å². The minimum atomic E-state index is -0.136. The monoisotopic (exact) mass is 285 g/mol. The van der Waals surface area contributed by atoms with Gasteiger partial charge >= 0.3 is 0 Å². The van der Waals surface area contributed by atoms with Crippen molar-refractivity contribution in [2.24, 2.45) is 0 Å². The molecule has 1 unspecified atom stereocenters. The molecule has 0 bridgehead atoms. The van der Waals surface area contributed by atoms with Gasteiger partial charge in [-0.15, -0.1) is 0 Å². The lowest BCUT2D eigenvalue weighted by atomic mass is 9.98. The number of nitrogens with one attached hydrogen (secondary N) is 1. The number of rotatable bonds is 7. The Hall–Kier alpha value is -1.67. The fourth-order valence-electron chi connectivity index (χ4n) is 2.66. The van der Waals surface area contributed by atoms with E-state index in [4.69, 9.17) is 0 Å². The zero-order chi connectivity index (χ0) is 15.1. The summed E-state index contributed by atoms with van der Waals surface area (Å²) < 4.78 is 13.5. The van der Waals surface area contributed by atoms with Crippen LogP contribution in [0.4, 0.5) is 4.39 Å². The Morgan fingerprint density at radius 2 is 1.86 bits per heavy atom. The van der Waals surface area contributed by atoms with Gasteiger partial charge in [-0.2, -0.15) is 0 Å². The van der Waals surface area contributed by atoms with Crippen LogP contribution in [0.2, 0.25) is 0 Å². The van der Waals surface area contributed by atoms with Crippen LogP contribution in [0.5, 0.6) is 0 Å². The van der Waals surface area contributed by atoms with Crippen LogP contribution in [0, 0.1) is 12.7 Å². The van der Waals surface area contributed by atoms with Gasteiger partial charge in [0.05, 0.1) is 0 Å². The van der Waals surface area contributed by atoms with Crippen LogP contribution >= 0.6 is 0 Å². The lowest BCUT2D eigenvalue weighted by Gasteiger charge is -2.19. The fourth-order valence-corrected chi connectivity index (χ4v) is 2.66. The van der Waals surface area contributed by atoms with Crippen molar-refractivity contribution in [3.05, 3.63) is 71.0 Å². The molecule has 0 spiro atoms. The minimum Gasteiger partial charge on any atom is -0.310 e. The first kappa shape index (κ1) is 15.7. The average Bonchev–Trinajstić information content (AvgIpc) is 2.47. The topological polar surface area (TPSA) is 12.0 Å². The molecule has 0 fully saturated rings. The highest BCUT2D eigenvalue weighted by Crippen LogP contribution is 2.20. The van der Waals surface area contributed by atoms with Gasteiger partial charge in [0.25, 0.3) is 0 Å². The van der Waals surface area contributed by atoms with Gasteiger partial charge in [-0.1, -0.05) is 43.3 Å². The Labute approximate surface area is 127 Å². The molecule has 2 aromatic carbocycles. The lowest BCUT2D eigenvalue weighted by molar-refractivity contribution is 0.498. The third kappa shape index (κ3) is 4.98. The summed E-state index contributed by atoms with van der Waals surface area (Å²) in [6.45, 7) is 5.11. The van der Waals surface area contributed by atoms with Crippen LogP contribution in [0.25, 0.3) is 0 Å². The summed E-state index contributed by atoms with van der Waals surface area (Å²) in [6.07, 6.45) is 2.98. The van der Waals surface area contributed by atoms with Crippen molar-refractivity contribution in [2.75, 3.05) is 6.54 Å². The molecule has 21 heavy (non-hydrogen) atoms. The second kappa shape index (κ2) is 7.94. The van der Waals surface area contributed by atoms with Crippen molar-refractivity contribution in [3.8, 4) is 0 Å². The molecule has 0 radical (unpaired) electrons. The molecular weight excluding hydrogens is 261 g/mol. The van der Waals surface area contributed by atoms with Gasteiger partial charge in [-0.3, -0.25) is 0 Å². The Balaban J connectivity index is 2.05. The standard InChI is InChI=1S/C19H24FN/c1-3-11-21-19(17-7-5-4-6-8-17)10-9-16-12-15(2)13-18(20)14-16/h4-8,12-14,19,21H,3,9-11H2,1-2H3. The van der Waals surface area contributed by atoms with Crippen molar-refractivity contribution in [1.29, 1.82) is 0 Å². The van der Waals surface area contributed by atoms with Crippen LogP contribution in [0.3, 0.4) is 0 Å². The zero-order valence-corrected chi connectivity index (χ0v) is 12.9. The molecule has 2 rings (SSSR count). The second-order valence-corrected chi connectivity index (χ2v) is 5.59. The lowest BCUT2D eigenvalue weighted by Crippen LogP contribution is -2.22. The molecule has 1 atom stereocenters. The van der Waals surface area contributed by atoms with E-state index < -0.39 is 0 Å². The Morgan fingerprint density at radius 3 is 2.52 bits per heavy atom. The number of aryl methyl sites for hydroxylation is 2. The van der Waals surface area contributed by atoms with E-state index in [1.54, 1.807) is 12.1 Å². The molecule has 0 saturated heterocycles. The van der Waals surface area contributed by atoms with Gasteiger partial charge in [-0.25, -0.2) is 4.39 Å². The van der Waals surface area contributed by atoms with E-state index in [0.29, 0.717) is 6.04 Å². The molecular formula is C19H24FN. The summed E-state index contributed by atoms with van der Waals surface area (Å²) >= 11 is 0. The summed E-state index contributed by atoms with van der Waals surface area (Å²) in [7, 11) is 0. The highest BCUT2D eigenvalue weighted by molar-refractivity contribution is 5.25. The van der Waals surface area contributed by atoms with E-state index >= 15 is 0 Å². The van der Waals surface area contributed by atoms with Crippen molar-refractivity contribution in [3.63, 3.8) is 0 Å². The highest BCUT2D eigenvalue weighted by Gasteiger charge is 2.10. The van der Waals surface area contributed by atoms with E-state index in [0.717, 1.165) is 36.9 Å². The molecule has 0 heterocycles. The van der Waals surface area contributed by atoms with Gasteiger partial charge < -0.3 is 5.32 Å². The quantitative estimate of drug-likeness (QED) is 0.770.